The zero-order valence-corrected chi connectivity index (χ0v) is 12.0. The number of carbonyl (C=O) groups excluding carboxylic acids is 1. The fourth-order valence-corrected chi connectivity index (χ4v) is 2.70. The Morgan fingerprint density at radius 1 is 1.33 bits per heavy atom. The van der Waals surface area contributed by atoms with E-state index in [0.29, 0.717) is 22.3 Å². The lowest BCUT2D eigenvalue weighted by Gasteiger charge is -2.32. The molecule has 1 heterocycles. The van der Waals surface area contributed by atoms with Crippen molar-refractivity contribution in [1.29, 1.82) is 0 Å². The van der Waals surface area contributed by atoms with Gasteiger partial charge in [-0.15, -0.1) is 0 Å². The largest absolute Gasteiger partial charge is 0.310 e. The zero-order valence-electron chi connectivity index (χ0n) is 10.5. The fraction of sp³-hybridized carbons (Fsp3) is 0.462. The van der Waals surface area contributed by atoms with Crippen molar-refractivity contribution in [1.82, 2.24) is 5.32 Å². The molecule has 1 aromatic rings. The number of carbonyl (C=O) groups is 1. The molecule has 0 spiro atoms. The van der Waals surface area contributed by atoms with Gasteiger partial charge in [0.05, 0.1) is 16.8 Å². The molecule has 0 saturated carbocycles. The van der Waals surface area contributed by atoms with Crippen LogP contribution in [0, 0.1) is 6.92 Å². The first kappa shape index (κ1) is 13.7. The standard InChI is InChI=1S/C13H16Cl2N2O/c1-8-6-10(15)12(7-9(8)14)17-5-3-4-11(16-2)13(17)18/h6-7,11,16H,3-5H2,1-2H3. The van der Waals surface area contributed by atoms with Crippen LogP contribution in [-0.4, -0.2) is 25.5 Å². The van der Waals surface area contributed by atoms with E-state index in [9.17, 15) is 4.79 Å². The van der Waals surface area contributed by atoms with Crippen LogP contribution < -0.4 is 10.2 Å². The van der Waals surface area contributed by atoms with Gasteiger partial charge in [0.15, 0.2) is 0 Å². The third kappa shape index (κ3) is 2.48. The maximum Gasteiger partial charge on any atom is 0.244 e. The molecule has 18 heavy (non-hydrogen) atoms. The number of hydrogen-bond donors (Lipinski definition) is 1. The summed E-state index contributed by atoms with van der Waals surface area (Å²) in [6.45, 7) is 2.59. The lowest BCUT2D eigenvalue weighted by atomic mass is 10.0. The maximum atomic E-state index is 12.3. The summed E-state index contributed by atoms with van der Waals surface area (Å²) < 4.78 is 0. The smallest absolute Gasteiger partial charge is 0.244 e. The Kier molecular flexibility index (Phi) is 4.15. The van der Waals surface area contributed by atoms with Crippen LogP contribution in [0.25, 0.3) is 0 Å². The Morgan fingerprint density at radius 3 is 2.72 bits per heavy atom. The van der Waals surface area contributed by atoms with Crippen molar-refractivity contribution in [2.45, 2.75) is 25.8 Å². The first-order valence-corrected chi connectivity index (χ1v) is 6.74. The predicted molar refractivity (Wildman–Crippen MR) is 75.6 cm³/mol. The molecular formula is C13H16Cl2N2O. The minimum absolute atomic E-state index is 0.0607. The van der Waals surface area contributed by atoms with Crippen molar-refractivity contribution in [2.24, 2.45) is 0 Å². The summed E-state index contributed by atoms with van der Waals surface area (Å²) in [6.07, 6.45) is 1.82. The molecule has 0 bridgehead atoms. The highest BCUT2D eigenvalue weighted by molar-refractivity contribution is 6.36. The number of nitrogens with one attached hydrogen (secondary N) is 1. The molecule has 1 atom stereocenters. The summed E-state index contributed by atoms with van der Waals surface area (Å²) in [6, 6.07) is 3.44. The number of aryl methyl sites for hydroxylation is 1. The Labute approximate surface area is 117 Å². The summed E-state index contributed by atoms with van der Waals surface area (Å²) in [5.74, 6) is 0.0607. The van der Waals surface area contributed by atoms with E-state index in [4.69, 9.17) is 23.2 Å². The molecule has 98 valence electrons. The van der Waals surface area contributed by atoms with Crippen molar-refractivity contribution in [3.8, 4) is 0 Å². The van der Waals surface area contributed by atoms with Gasteiger partial charge in [0.25, 0.3) is 0 Å². The molecule has 1 aromatic carbocycles. The normalized spacial score (nSPS) is 20.3. The SMILES string of the molecule is CNC1CCCN(c2cc(Cl)c(C)cc2Cl)C1=O. The van der Waals surface area contributed by atoms with Crippen molar-refractivity contribution >= 4 is 34.8 Å². The Hall–Kier alpha value is -0.770. The van der Waals surface area contributed by atoms with Gasteiger partial charge in [-0.25, -0.2) is 0 Å². The van der Waals surface area contributed by atoms with Crippen molar-refractivity contribution in [3.05, 3.63) is 27.7 Å². The highest BCUT2D eigenvalue weighted by Crippen LogP contribution is 2.33. The number of hydrogen-bond acceptors (Lipinski definition) is 2. The second-order valence-electron chi connectivity index (χ2n) is 4.53. The van der Waals surface area contributed by atoms with Crippen LogP contribution in [0.4, 0.5) is 5.69 Å². The zero-order chi connectivity index (χ0) is 13.3. The van der Waals surface area contributed by atoms with Crippen LogP contribution >= 0.6 is 23.2 Å². The number of halogens is 2. The van der Waals surface area contributed by atoms with Gasteiger partial charge in [-0.2, -0.15) is 0 Å². The van der Waals surface area contributed by atoms with Gasteiger partial charge in [-0.05, 0) is 44.5 Å². The van der Waals surface area contributed by atoms with Crippen LogP contribution in [-0.2, 0) is 4.79 Å². The number of benzene rings is 1. The lowest BCUT2D eigenvalue weighted by Crippen LogP contribution is -2.49. The van der Waals surface area contributed by atoms with E-state index in [0.717, 1.165) is 18.4 Å². The fourth-order valence-electron chi connectivity index (χ4n) is 2.22. The molecule has 1 saturated heterocycles. The Bertz CT molecular complexity index is 476. The average Bonchev–Trinajstić information content (AvgIpc) is 2.34. The number of piperidine rings is 1. The van der Waals surface area contributed by atoms with Gasteiger partial charge in [0.1, 0.15) is 0 Å². The molecule has 3 nitrogen and oxygen atoms in total. The monoisotopic (exact) mass is 286 g/mol. The van der Waals surface area contributed by atoms with Crippen molar-refractivity contribution < 1.29 is 4.79 Å². The quantitative estimate of drug-likeness (QED) is 0.906. The summed E-state index contributed by atoms with van der Waals surface area (Å²) in [4.78, 5) is 14.0. The highest BCUT2D eigenvalue weighted by atomic mass is 35.5. The minimum Gasteiger partial charge on any atom is -0.310 e. The molecule has 0 radical (unpaired) electrons. The minimum atomic E-state index is -0.130. The number of nitrogens with zero attached hydrogens (tertiary/aromatic N) is 1. The molecular weight excluding hydrogens is 271 g/mol. The second-order valence-corrected chi connectivity index (χ2v) is 5.34. The van der Waals surface area contributed by atoms with E-state index in [-0.39, 0.29) is 11.9 Å². The predicted octanol–water partition coefficient (Wildman–Crippen LogP) is 3.02. The Balaban J connectivity index is 2.36. The van der Waals surface area contributed by atoms with Gasteiger partial charge in [0, 0.05) is 11.6 Å². The van der Waals surface area contributed by atoms with Crippen LogP contribution in [0.3, 0.4) is 0 Å². The molecule has 0 aliphatic carbocycles. The average molecular weight is 287 g/mol. The van der Waals surface area contributed by atoms with Crippen molar-refractivity contribution in [3.63, 3.8) is 0 Å². The first-order valence-electron chi connectivity index (χ1n) is 5.99. The number of rotatable bonds is 2. The molecule has 1 amide bonds. The van der Waals surface area contributed by atoms with E-state index in [1.165, 1.54) is 0 Å². The summed E-state index contributed by atoms with van der Waals surface area (Å²) >= 11 is 12.3. The third-order valence-electron chi connectivity index (χ3n) is 3.31. The van der Waals surface area contributed by atoms with Gasteiger partial charge in [0.2, 0.25) is 5.91 Å². The van der Waals surface area contributed by atoms with E-state index in [2.05, 4.69) is 5.32 Å². The summed E-state index contributed by atoms with van der Waals surface area (Å²) in [7, 11) is 1.80. The van der Waals surface area contributed by atoms with Crippen LogP contribution in [0.5, 0.6) is 0 Å². The van der Waals surface area contributed by atoms with E-state index in [1.807, 2.05) is 6.92 Å². The van der Waals surface area contributed by atoms with Gasteiger partial charge >= 0.3 is 0 Å². The summed E-state index contributed by atoms with van der Waals surface area (Å²) in [5, 5.41) is 4.24. The highest BCUT2D eigenvalue weighted by Gasteiger charge is 2.29. The molecule has 1 N–H and O–H groups in total. The van der Waals surface area contributed by atoms with E-state index in [1.54, 1.807) is 24.1 Å². The van der Waals surface area contributed by atoms with Gasteiger partial charge < -0.3 is 10.2 Å². The number of anilines is 1. The van der Waals surface area contributed by atoms with Crippen molar-refractivity contribution in [2.75, 3.05) is 18.5 Å². The molecule has 0 aromatic heterocycles. The molecule has 2 rings (SSSR count). The number of likely N-dealkylation sites (N-methyl/N-ethyl adjacent to an activating group) is 1. The number of amides is 1. The molecule has 1 aliphatic heterocycles. The van der Waals surface area contributed by atoms with Gasteiger partial charge in [-0.1, -0.05) is 23.2 Å². The van der Waals surface area contributed by atoms with Crippen LogP contribution in [0.15, 0.2) is 12.1 Å². The molecule has 1 unspecified atom stereocenters. The maximum absolute atomic E-state index is 12.3. The molecule has 1 fully saturated rings. The Morgan fingerprint density at radius 2 is 2.06 bits per heavy atom. The van der Waals surface area contributed by atoms with Crippen LogP contribution in [0.1, 0.15) is 18.4 Å². The van der Waals surface area contributed by atoms with Crippen LogP contribution in [0.2, 0.25) is 10.0 Å². The van der Waals surface area contributed by atoms with E-state index >= 15 is 0 Å². The topological polar surface area (TPSA) is 32.3 Å². The lowest BCUT2D eigenvalue weighted by molar-refractivity contribution is -0.121. The summed E-state index contributed by atoms with van der Waals surface area (Å²) in [5.41, 5.74) is 1.62. The molecule has 1 aliphatic rings. The third-order valence-corrected chi connectivity index (χ3v) is 4.02. The first-order chi connectivity index (χ1) is 8.54. The molecule has 5 heteroatoms. The second kappa shape index (κ2) is 5.47. The van der Waals surface area contributed by atoms with E-state index < -0.39 is 0 Å². The van der Waals surface area contributed by atoms with Gasteiger partial charge in [-0.3, -0.25) is 4.79 Å².